The highest BCUT2D eigenvalue weighted by Gasteiger charge is 2.61. The second-order valence-electron chi connectivity index (χ2n) is 12.8. The van der Waals surface area contributed by atoms with Crippen LogP contribution in [0.5, 0.6) is 0 Å². The second kappa shape index (κ2) is 8.09. The molecule has 0 saturated heterocycles. The van der Waals surface area contributed by atoms with E-state index in [0.29, 0.717) is 30.6 Å². The van der Waals surface area contributed by atoms with Crippen molar-refractivity contribution < 1.29 is 19.7 Å². The average Bonchev–Trinajstić information content (AvgIpc) is 3.03. The van der Waals surface area contributed by atoms with E-state index in [-0.39, 0.29) is 28.5 Å². The van der Waals surface area contributed by atoms with Gasteiger partial charge in [-0.05, 0) is 105 Å². The van der Waals surface area contributed by atoms with E-state index in [2.05, 4.69) is 20.8 Å². The Bertz CT molecular complexity index is 712. The fourth-order valence-electron chi connectivity index (χ4n) is 8.61. The molecule has 0 unspecified atom stereocenters. The standard InChI is InChI=1S/C27H45FO3/c1-16(7-6-12-25(2,3)31)17-8-9-18-23-19(10-13-26(17,18)4)27(5)14-11-22(29)24(30)20(27)15-21(23)28/h16-20,22,24,29-31H,6-15H2,1-5H3/t16-,17-,18+,19+,20+,22+,24-,26-,27-/m1/s1. The maximum absolute atomic E-state index is 15.7. The summed E-state index contributed by atoms with van der Waals surface area (Å²) in [5, 5.41) is 31.0. The van der Waals surface area contributed by atoms with E-state index >= 15 is 4.39 Å². The molecule has 0 aliphatic heterocycles. The van der Waals surface area contributed by atoms with E-state index in [0.717, 1.165) is 50.5 Å². The van der Waals surface area contributed by atoms with Gasteiger partial charge in [-0.2, -0.15) is 0 Å². The Morgan fingerprint density at radius 3 is 2.35 bits per heavy atom. The number of aliphatic hydroxyl groups is 3. The molecule has 0 aromatic carbocycles. The first kappa shape index (κ1) is 23.7. The zero-order valence-electron chi connectivity index (χ0n) is 20.3. The van der Waals surface area contributed by atoms with E-state index in [4.69, 9.17) is 0 Å². The quantitative estimate of drug-likeness (QED) is 0.512. The predicted molar refractivity (Wildman–Crippen MR) is 122 cm³/mol. The minimum Gasteiger partial charge on any atom is -0.390 e. The minimum absolute atomic E-state index is 0.0342. The molecule has 3 nitrogen and oxygen atoms in total. The smallest absolute Gasteiger partial charge is 0.100 e. The summed E-state index contributed by atoms with van der Waals surface area (Å²) < 4.78 is 15.7. The summed E-state index contributed by atoms with van der Waals surface area (Å²) in [7, 11) is 0. The summed E-state index contributed by atoms with van der Waals surface area (Å²) in [5.41, 5.74) is 0.566. The second-order valence-corrected chi connectivity index (χ2v) is 12.8. The first-order chi connectivity index (χ1) is 14.4. The summed E-state index contributed by atoms with van der Waals surface area (Å²) in [6.45, 7) is 10.8. The number of aliphatic hydroxyl groups excluding tert-OH is 2. The summed E-state index contributed by atoms with van der Waals surface area (Å²) in [6, 6.07) is 0. The van der Waals surface area contributed by atoms with Gasteiger partial charge in [0.15, 0.2) is 0 Å². The average molecular weight is 437 g/mol. The van der Waals surface area contributed by atoms with Crippen LogP contribution < -0.4 is 0 Å². The molecule has 0 radical (unpaired) electrons. The SMILES string of the molecule is C[C@H](CCCC(C)(C)O)[C@H]1CC[C@H]2C3=C(F)C[C@H]4[C@@H](O)[C@@H](O)CC[C@]4(C)[C@H]3CC[C@]12C. The Kier molecular flexibility index (Phi) is 6.19. The van der Waals surface area contributed by atoms with Crippen molar-refractivity contribution in [2.24, 2.45) is 40.4 Å². The summed E-state index contributed by atoms with van der Waals surface area (Å²) >= 11 is 0. The topological polar surface area (TPSA) is 60.7 Å². The van der Waals surface area contributed by atoms with Crippen molar-refractivity contribution in [2.75, 3.05) is 0 Å². The van der Waals surface area contributed by atoms with Crippen molar-refractivity contribution in [3.63, 3.8) is 0 Å². The summed E-state index contributed by atoms with van der Waals surface area (Å²) in [5.74, 6) is 1.63. The maximum atomic E-state index is 15.7. The fourth-order valence-corrected chi connectivity index (χ4v) is 8.61. The van der Waals surface area contributed by atoms with Crippen LogP contribution >= 0.6 is 0 Å². The van der Waals surface area contributed by atoms with Crippen LogP contribution in [0, 0.1) is 40.4 Å². The lowest BCUT2D eigenvalue weighted by molar-refractivity contribution is -0.128. The first-order valence-corrected chi connectivity index (χ1v) is 12.9. The van der Waals surface area contributed by atoms with Crippen LogP contribution in [0.15, 0.2) is 11.4 Å². The summed E-state index contributed by atoms with van der Waals surface area (Å²) in [4.78, 5) is 0. The number of hydrogen-bond donors (Lipinski definition) is 3. The molecule has 4 aliphatic rings. The Morgan fingerprint density at radius 1 is 1.03 bits per heavy atom. The van der Waals surface area contributed by atoms with E-state index in [1.807, 2.05) is 13.8 Å². The van der Waals surface area contributed by atoms with Gasteiger partial charge < -0.3 is 15.3 Å². The Morgan fingerprint density at radius 2 is 1.68 bits per heavy atom. The van der Waals surface area contributed by atoms with E-state index in [1.165, 1.54) is 6.42 Å². The van der Waals surface area contributed by atoms with Gasteiger partial charge in [0.1, 0.15) is 5.83 Å². The van der Waals surface area contributed by atoms with Gasteiger partial charge in [0.25, 0.3) is 0 Å². The van der Waals surface area contributed by atoms with Gasteiger partial charge in [0, 0.05) is 6.42 Å². The van der Waals surface area contributed by atoms with Gasteiger partial charge in [0.2, 0.25) is 0 Å². The number of rotatable bonds is 5. The number of allylic oxidation sites excluding steroid dienone is 2. The monoisotopic (exact) mass is 436 g/mol. The highest BCUT2D eigenvalue weighted by molar-refractivity contribution is 5.31. The number of halogens is 1. The fraction of sp³-hybridized carbons (Fsp3) is 0.926. The van der Waals surface area contributed by atoms with Crippen molar-refractivity contribution in [3.8, 4) is 0 Å². The third-order valence-corrected chi connectivity index (χ3v) is 10.4. The van der Waals surface area contributed by atoms with Crippen LogP contribution in [0.4, 0.5) is 4.39 Å². The molecule has 4 rings (SSSR count). The Hall–Kier alpha value is -0.450. The molecule has 0 spiro atoms. The molecule has 4 aliphatic carbocycles. The molecule has 9 atom stereocenters. The van der Waals surface area contributed by atoms with Gasteiger partial charge in [-0.3, -0.25) is 0 Å². The van der Waals surface area contributed by atoms with E-state index in [1.54, 1.807) is 0 Å². The number of hydrogen-bond acceptors (Lipinski definition) is 3. The molecule has 3 fully saturated rings. The molecular weight excluding hydrogens is 391 g/mol. The molecule has 0 amide bonds. The van der Waals surface area contributed by atoms with Crippen LogP contribution in [-0.2, 0) is 0 Å². The van der Waals surface area contributed by atoms with Crippen molar-refractivity contribution in [1.29, 1.82) is 0 Å². The highest BCUT2D eigenvalue weighted by Crippen LogP contribution is 2.68. The molecule has 4 heteroatoms. The third-order valence-electron chi connectivity index (χ3n) is 10.4. The molecular formula is C27H45FO3. The van der Waals surface area contributed by atoms with Gasteiger partial charge in [-0.15, -0.1) is 0 Å². The Balaban J connectivity index is 1.55. The largest absolute Gasteiger partial charge is 0.390 e. The molecule has 0 heterocycles. The zero-order chi connectivity index (χ0) is 22.8. The lowest BCUT2D eigenvalue weighted by atomic mass is 9.47. The first-order valence-electron chi connectivity index (χ1n) is 12.9. The van der Waals surface area contributed by atoms with Crippen LogP contribution in [0.1, 0.15) is 98.8 Å². The molecule has 178 valence electrons. The van der Waals surface area contributed by atoms with Gasteiger partial charge in [0.05, 0.1) is 17.8 Å². The van der Waals surface area contributed by atoms with Crippen LogP contribution in [0.25, 0.3) is 0 Å². The molecule has 3 saturated carbocycles. The maximum Gasteiger partial charge on any atom is 0.100 e. The minimum atomic E-state index is -0.800. The summed E-state index contributed by atoms with van der Waals surface area (Å²) in [6.07, 6.45) is 7.73. The molecule has 0 bridgehead atoms. The van der Waals surface area contributed by atoms with Crippen LogP contribution in [0.2, 0.25) is 0 Å². The van der Waals surface area contributed by atoms with E-state index < -0.39 is 17.8 Å². The van der Waals surface area contributed by atoms with Gasteiger partial charge in [-0.1, -0.05) is 33.6 Å². The predicted octanol–water partition coefficient (Wildman–Crippen LogP) is 5.77. The van der Waals surface area contributed by atoms with Crippen molar-refractivity contribution in [2.45, 2.75) is 117 Å². The van der Waals surface area contributed by atoms with Crippen molar-refractivity contribution >= 4 is 0 Å². The number of fused-ring (bicyclic) bond motifs is 5. The zero-order valence-corrected chi connectivity index (χ0v) is 20.3. The molecule has 3 N–H and O–H groups in total. The highest BCUT2D eigenvalue weighted by atomic mass is 19.1. The van der Waals surface area contributed by atoms with Gasteiger partial charge >= 0.3 is 0 Å². The Labute approximate surface area is 188 Å². The normalized spacial score (nSPS) is 46.4. The molecule has 0 aromatic heterocycles. The third kappa shape index (κ3) is 3.93. The molecule has 0 aromatic rings. The van der Waals surface area contributed by atoms with Crippen LogP contribution in [-0.4, -0.2) is 33.1 Å². The van der Waals surface area contributed by atoms with E-state index in [9.17, 15) is 15.3 Å². The van der Waals surface area contributed by atoms with Crippen molar-refractivity contribution in [3.05, 3.63) is 11.4 Å². The lowest BCUT2D eigenvalue weighted by Crippen LogP contribution is -2.55. The lowest BCUT2D eigenvalue weighted by Gasteiger charge is -2.59. The molecule has 31 heavy (non-hydrogen) atoms. The van der Waals surface area contributed by atoms with Crippen molar-refractivity contribution in [1.82, 2.24) is 0 Å². The van der Waals surface area contributed by atoms with Gasteiger partial charge in [-0.25, -0.2) is 4.39 Å². The van der Waals surface area contributed by atoms with Crippen LogP contribution in [0.3, 0.4) is 0 Å².